The molecular formula is C18H12ClF3N2O2. The Morgan fingerprint density at radius 2 is 2.00 bits per heavy atom. The Morgan fingerprint density at radius 3 is 2.58 bits per heavy atom. The zero-order valence-electron chi connectivity index (χ0n) is 13.4. The van der Waals surface area contributed by atoms with Gasteiger partial charge in [0.2, 0.25) is 0 Å². The first-order valence-electron chi connectivity index (χ1n) is 7.18. The number of alkyl halides is 3. The first-order chi connectivity index (χ1) is 12.2. The van der Waals surface area contributed by atoms with E-state index in [9.17, 15) is 23.2 Å². The van der Waals surface area contributed by atoms with Crippen LogP contribution in [0, 0.1) is 11.3 Å². The monoisotopic (exact) mass is 380 g/mol. The second-order valence-corrected chi connectivity index (χ2v) is 5.50. The Bertz CT molecular complexity index is 902. The van der Waals surface area contributed by atoms with Crippen LogP contribution in [0.4, 0.5) is 18.9 Å². The van der Waals surface area contributed by atoms with E-state index in [1.54, 1.807) is 18.2 Å². The molecule has 1 amide bonds. The maximum atomic E-state index is 12.7. The van der Waals surface area contributed by atoms with Gasteiger partial charge >= 0.3 is 6.18 Å². The van der Waals surface area contributed by atoms with Crippen LogP contribution in [0.25, 0.3) is 6.08 Å². The van der Waals surface area contributed by atoms with Crippen molar-refractivity contribution in [2.75, 3.05) is 12.4 Å². The number of halogens is 4. The Labute approximate surface area is 152 Å². The second-order valence-electron chi connectivity index (χ2n) is 5.10. The van der Waals surface area contributed by atoms with Crippen molar-refractivity contribution >= 4 is 29.3 Å². The van der Waals surface area contributed by atoms with Crippen LogP contribution in [0.1, 0.15) is 11.1 Å². The summed E-state index contributed by atoms with van der Waals surface area (Å²) in [5.41, 5.74) is -0.798. The Kier molecular flexibility index (Phi) is 5.90. The van der Waals surface area contributed by atoms with Crippen LogP contribution in [0.3, 0.4) is 0 Å². The van der Waals surface area contributed by atoms with Gasteiger partial charge < -0.3 is 10.1 Å². The van der Waals surface area contributed by atoms with E-state index in [0.717, 1.165) is 18.2 Å². The van der Waals surface area contributed by atoms with Crippen molar-refractivity contribution in [1.29, 1.82) is 5.26 Å². The van der Waals surface area contributed by atoms with E-state index < -0.39 is 17.6 Å². The average Bonchev–Trinajstić information content (AvgIpc) is 2.59. The van der Waals surface area contributed by atoms with Gasteiger partial charge in [-0.15, -0.1) is 0 Å². The highest BCUT2D eigenvalue weighted by Crippen LogP contribution is 2.31. The standard InChI is InChI=1S/C18H12ClF3N2O2/c1-26-16-6-5-11(8-15(16)19)7-12(10-23)17(25)24-14-4-2-3-13(9-14)18(20,21)22/h2-9H,1H3,(H,24,25)/b12-7-. The van der Waals surface area contributed by atoms with E-state index in [-0.39, 0.29) is 16.3 Å². The van der Waals surface area contributed by atoms with Crippen LogP contribution in [-0.4, -0.2) is 13.0 Å². The van der Waals surface area contributed by atoms with E-state index in [0.29, 0.717) is 11.3 Å². The number of hydrogen-bond acceptors (Lipinski definition) is 3. The summed E-state index contributed by atoms with van der Waals surface area (Å²) < 4.78 is 43.2. The van der Waals surface area contributed by atoms with Crippen molar-refractivity contribution in [3.8, 4) is 11.8 Å². The molecule has 0 heterocycles. The van der Waals surface area contributed by atoms with Crippen molar-refractivity contribution in [1.82, 2.24) is 0 Å². The smallest absolute Gasteiger partial charge is 0.416 e. The number of amides is 1. The number of ether oxygens (including phenoxy) is 1. The summed E-state index contributed by atoms with van der Waals surface area (Å²) in [4.78, 5) is 12.2. The lowest BCUT2D eigenvalue weighted by Crippen LogP contribution is -2.14. The summed E-state index contributed by atoms with van der Waals surface area (Å²) >= 11 is 5.98. The molecule has 0 saturated heterocycles. The van der Waals surface area contributed by atoms with E-state index in [2.05, 4.69) is 5.32 Å². The normalized spacial score (nSPS) is 11.6. The minimum absolute atomic E-state index is 0.0706. The van der Waals surface area contributed by atoms with Crippen LogP contribution >= 0.6 is 11.6 Å². The lowest BCUT2D eigenvalue weighted by molar-refractivity contribution is -0.137. The quantitative estimate of drug-likeness (QED) is 0.605. The van der Waals surface area contributed by atoms with Crippen molar-refractivity contribution in [2.24, 2.45) is 0 Å². The number of carbonyl (C=O) groups is 1. The maximum absolute atomic E-state index is 12.7. The number of hydrogen-bond donors (Lipinski definition) is 1. The first-order valence-corrected chi connectivity index (χ1v) is 7.56. The summed E-state index contributed by atoms with van der Waals surface area (Å²) in [5.74, 6) is -0.408. The number of anilines is 1. The molecule has 2 aromatic rings. The highest BCUT2D eigenvalue weighted by Gasteiger charge is 2.30. The maximum Gasteiger partial charge on any atom is 0.416 e. The molecule has 0 aliphatic rings. The van der Waals surface area contributed by atoms with Crippen molar-refractivity contribution in [2.45, 2.75) is 6.18 Å². The summed E-state index contributed by atoms with van der Waals surface area (Å²) in [6.07, 6.45) is -3.26. The second kappa shape index (κ2) is 7.93. The summed E-state index contributed by atoms with van der Waals surface area (Å²) in [5, 5.41) is 11.7. The van der Waals surface area contributed by atoms with Crippen LogP contribution in [0.5, 0.6) is 5.75 Å². The van der Waals surface area contributed by atoms with Gasteiger partial charge in [0, 0.05) is 5.69 Å². The Balaban J connectivity index is 2.24. The molecule has 0 saturated carbocycles. The van der Waals surface area contributed by atoms with Gasteiger partial charge in [0.05, 0.1) is 17.7 Å². The van der Waals surface area contributed by atoms with Crippen molar-refractivity contribution in [3.63, 3.8) is 0 Å². The van der Waals surface area contributed by atoms with Crippen LogP contribution in [0.15, 0.2) is 48.0 Å². The van der Waals surface area contributed by atoms with E-state index in [1.807, 2.05) is 0 Å². The predicted molar refractivity (Wildman–Crippen MR) is 91.7 cm³/mol. The van der Waals surface area contributed by atoms with Crippen LogP contribution < -0.4 is 10.1 Å². The van der Waals surface area contributed by atoms with Gasteiger partial charge in [-0.3, -0.25) is 4.79 Å². The predicted octanol–water partition coefficient (Wildman–Crippen LogP) is 4.91. The molecule has 0 spiro atoms. The van der Waals surface area contributed by atoms with Gasteiger partial charge in [0.15, 0.2) is 0 Å². The number of rotatable bonds is 4. The molecule has 4 nitrogen and oxygen atoms in total. The highest BCUT2D eigenvalue weighted by molar-refractivity contribution is 6.32. The molecule has 1 N–H and O–H groups in total. The topological polar surface area (TPSA) is 62.1 Å². The Hall–Kier alpha value is -2.98. The molecule has 0 unspecified atom stereocenters. The van der Waals surface area contributed by atoms with E-state index >= 15 is 0 Å². The zero-order chi connectivity index (χ0) is 19.3. The lowest BCUT2D eigenvalue weighted by atomic mass is 10.1. The molecule has 0 aliphatic carbocycles. The van der Waals surface area contributed by atoms with Gasteiger partial charge in [0.1, 0.15) is 17.4 Å². The SMILES string of the molecule is COc1ccc(/C=C(/C#N)C(=O)Nc2cccc(C(F)(F)F)c2)cc1Cl. The molecule has 8 heteroatoms. The molecule has 0 atom stereocenters. The molecule has 0 fully saturated rings. The third kappa shape index (κ3) is 4.77. The van der Waals surface area contributed by atoms with E-state index in [4.69, 9.17) is 16.3 Å². The zero-order valence-corrected chi connectivity index (χ0v) is 14.2. The molecule has 0 aliphatic heterocycles. The summed E-state index contributed by atoms with van der Waals surface area (Å²) in [6, 6.07) is 10.5. The number of nitriles is 1. The lowest BCUT2D eigenvalue weighted by Gasteiger charge is -2.09. The third-order valence-corrected chi connectivity index (χ3v) is 3.60. The molecule has 26 heavy (non-hydrogen) atoms. The largest absolute Gasteiger partial charge is 0.495 e. The minimum atomic E-state index is -4.53. The van der Waals surface area contributed by atoms with Crippen molar-refractivity contribution < 1.29 is 22.7 Å². The van der Waals surface area contributed by atoms with E-state index in [1.165, 1.54) is 25.3 Å². The molecule has 0 radical (unpaired) electrons. The third-order valence-electron chi connectivity index (χ3n) is 3.30. The van der Waals surface area contributed by atoms with Gasteiger partial charge in [-0.2, -0.15) is 18.4 Å². The molecule has 0 bridgehead atoms. The summed E-state index contributed by atoms with van der Waals surface area (Å²) in [6.45, 7) is 0. The number of benzene rings is 2. The molecule has 2 aromatic carbocycles. The van der Waals surface area contributed by atoms with Gasteiger partial charge in [-0.1, -0.05) is 23.7 Å². The first kappa shape index (κ1) is 19.3. The van der Waals surface area contributed by atoms with Crippen LogP contribution in [0.2, 0.25) is 5.02 Å². The number of methoxy groups -OCH3 is 1. The minimum Gasteiger partial charge on any atom is -0.495 e. The average molecular weight is 381 g/mol. The molecule has 2 rings (SSSR count). The highest BCUT2D eigenvalue weighted by atomic mass is 35.5. The van der Waals surface area contributed by atoms with Gasteiger partial charge in [0.25, 0.3) is 5.91 Å². The fraction of sp³-hybridized carbons (Fsp3) is 0.111. The fourth-order valence-electron chi connectivity index (χ4n) is 2.06. The molecule has 0 aromatic heterocycles. The number of nitrogens with zero attached hydrogens (tertiary/aromatic N) is 1. The van der Waals surface area contributed by atoms with Crippen LogP contribution in [-0.2, 0) is 11.0 Å². The Morgan fingerprint density at radius 1 is 1.27 bits per heavy atom. The fourth-order valence-corrected chi connectivity index (χ4v) is 2.33. The van der Waals surface area contributed by atoms with Gasteiger partial charge in [-0.05, 0) is 42.0 Å². The molecule has 134 valence electrons. The van der Waals surface area contributed by atoms with Gasteiger partial charge in [-0.25, -0.2) is 0 Å². The molecular weight excluding hydrogens is 369 g/mol. The number of nitrogens with one attached hydrogen (secondary N) is 1. The van der Waals surface area contributed by atoms with Crippen molar-refractivity contribution in [3.05, 3.63) is 64.2 Å². The number of carbonyl (C=O) groups excluding carboxylic acids is 1. The summed E-state index contributed by atoms with van der Waals surface area (Å²) in [7, 11) is 1.44.